The van der Waals surface area contributed by atoms with Crippen LogP contribution in [-0.2, 0) is 4.79 Å². The number of rotatable bonds is 3. The van der Waals surface area contributed by atoms with Crippen LogP contribution in [-0.4, -0.2) is 42.9 Å². The van der Waals surface area contributed by atoms with Crippen molar-refractivity contribution in [2.75, 3.05) is 36.4 Å². The Balaban J connectivity index is 1.57. The quantitative estimate of drug-likeness (QED) is 0.904. The molecule has 1 fully saturated rings. The number of hydrogen-bond donors (Lipinski definition) is 1. The van der Waals surface area contributed by atoms with Gasteiger partial charge in [-0.3, -0.25) is 9.59 Å². The van der Waals surface area contributed by atoms with Crippen molar-refractivity contribution in [3.63, 3.8) is 0 Å². The third-order valence-electron chi connectivity index (χ3n) is 4.73. The highest BCUT2D eigenvalue weighted by molar-refractivity contribution is 6.04. The standard InChI is InChI=1S/C22H27N3O2/c1-22(2,3)21(27)25-15-13-24(14-16-25)19-11-9-18(10-12-19)23-20(26)17-7-5-4-6-8-17/h4-12H,13-16H2,1-3H3,(H,23,26). The molecule has 1 aliphatic rings. The molecule has 3 rings (SSSR count). The second-order valence-corrected chi connectivity index (χ2v) is 7.90. The molecule has 0 saturated carbocycles. The molecule has 0 radical (unpaired) electrons. The highest BCUT2D eigenvalue weighted by Crippen LogP contribution is 2.22. The van der Waals surface area contributed by atoms with E-state index in [1.165, 1.54) is 0 Å². The number of piperazine rings is 1. The third-order valence-corrected chi connectivity index (χ3v) is 4.73. The molecular weight excluding hydrogens is 338 g/mol. The van der Waals surface area contributed by atoms with Gasteiger partial charge in [-0.05, 0) is 36.4 Å². The molecular formula is C22H27N3O2. The topological polar surface area (TPSA) is 52.7 Å². The van der Waals surface area contributed by atoms with E-state index >= 15 is 0 Å². The Bertz CT molecular complexity index is 787. The van der Waals surface area contributed by atoms with Crippen molar-refractivity contribution >= 4 is 23.2 Å². The first kappa shape index (κ1) is 19.0. The summed E-state index contributed by atoms with van der Waals surface area (Å²) in [5.41, 5.74) is 2.19. The van der Waals surface area contributed by atoms with E-state index in [1.54, 1.807) is 12.1 Å². The van der Waals surface area contributed by atoms with E-state index in [-0.39, 0.29) is 17.2 Å². The number of benzene rings is 2. The van der Waals surface area contributed by atoms with Gasteiger partial charge in [0.25, 0.3) is 5.91 Å². The summed E-state index contributed by atoms with van der Waals surface area (Å²) in [6.45, 7) is 9.00. The van der Waals surface area contributed by atoms with Crippen molar-refractivity contribution in [3.05, 3.63) is 60.2 Å². The largest absolute Gasteiger partial charge is 0.368 e. The molecule has 0 aliphatic carbocycles. The first-order chi connectivity index (χ1) is 12.8. The molecule has 1 N–H and O–H groups in total. The Kier molecular flexibility index (Phi) is 5.49. The molecule has 2 aromatic rings. The molecule has 0 spiro atoms. The summed E-state index contributed by atoms with van der Waals surface area (Å²) in [6.07, 6.45) is 0. The fraction of sp³-hybridized carbons (Fsp3) is 0.364. The van der Waals surface area contributed by atoms with Crippen LogP contribution in [0.25, 0.3) is 0 Å². The zero-order valence-electron chi connectivity index (χ0n) is 16.2. The van der Waals surface area contributed by atoms with Crippen molar-refractivity contribution in [1.29, 1.82) is 0 Å². The molecule has 27 heavy (non-hydrogen) atoms. The Morgan fingerprint density at radius 3 is 2.00 bits per heavy atom. The molecule has 5 heteroatoms. The summed E-state index contributed by atoms with van der Waals surface area (Å²) in [6, 6.07) is 17.0. The zero-order valence-corrected chi connectivity index (χ0v) is 16.2. The molecule has 142 valence electrons. The summed E-state index contributed by atoms with van der Waals surface area (Å²) in [4.78, 5) is 28.8. The third kappa shape index (κ3) is 4.67. The van der Waals surface area contributed by atoms with Crippen LogP contribution in [0, 0.1) is 5.41 Å². The second kappa shape index (κ2) is 7.82. The van der Waals surface area contributed by atoms with E-state index < -0.39 is 0 Å². The highest BCUT2D eigenvalue weighted by atomic mass is 16.2. The van der Waals surface area contributed by atoms with Crippen LogP contribution < -0.4 is 10.2 Å². The highest BCUT2D eigenvalue weighted by Gasteiger charge is 2.29. The Morgan fingerprint density at radius 1 is 0.852 bits per heavy atom. The predicted octanol–water partition coefficient (Wildman–Crippen LogP) is 3.63. The molecule has 1 heterocycles. The van der Waals surface area contributed by atoms with Gasteiger partial charge in [0, 0.05) is 48.5 Å². The number of amides is 2. The molecule has 5 nitrogen and oxygen atoms in total. The lowest BCUT2D eigenvalue weighted by Crippen LogP contribution is -2.51. The number of carbonyl (C=O) groups is 2. The van der Waals surface area contributed by atoms with Gasteiger partial charge < -0.3 is 15.1 Å². The SMILES string of the molecule is CC(C)(C)C(=O)N1CCN(c2ccc(NC(=O)c3ccccc3)cc2)CC1. The van der Waals surface area contributed by atoms with Crippen molar-refractivity contribution in [1.82, 2.24) is 4.90 Å². The van der Waals surface area contributed by atoms with Gasteiger partial charge in [-0.25, -0.2) is 0 Å². The molecule has 2 aromatic carbocycles. The first-order valence-corrected chi connectivity index (χ1v) is 9.35. The van der Waals surface area contributed by atoms with Gasteiger partial charge in [-0.1, -0.05) is 39.0 Å². The van der Waals surface area contributed by atoms with Gasteiger partial charge in [-0.2, -0.15) is 0 Å². The van der Waals surface area contributed by atoms with Crippen LogP contribution in [0.15, 0.2) is 54.6 Å². The van der Waals surface area contributed by atoms with Crippen LogP contribution in [0.2, 0.25) is 0 Å². The van der Waals surface area contributed by atoms with Crippen LogP contribution in [0.4, 0.5) is 11.4 Å². The van der Waals surface area contributed by atoms with E-state index in [0.717, 1.165) is 37.6 Å². The number of carbonyl (C=O) groups excluding carboxylic acids is 2. The van der Waals surface area contributed by atoms with Crippen LogP contribution in [0.1, 0.15) is 31.1 Å². The Morgan fingerprint density at radius 2 is 1.44 bits per heavy atom. The van der Waals surface area contributed by atoms with E-state index in [1.807, 2.05) is 68.1 Å². The maximum atomic E-state index is 12.4. The lowest BCUT2D eigenvalue weighted by atomic mass is 9.94. The van der Waals surface area contributed by atoms with Crippen molar-refractivity contribution in [2.45, 2.75) is 20.8 Å². The summed E-state index contributed by atoms with van der Waals surface area (Å²) in [7, 11) is 0. The van der Waals surface area contributed by atoms with Gasteiger partial charge in [0.2, 0.25) is 5.91 Å². The normalized spacial score (nSPS) is 14.8. The molecule has 2 amide bonds. The number of anilines is 2. The first-order valence-electron chi connectivity index (χ1n) is 9.35. The van der Waals surface area contributed by atoms with Crippen molar-refractivity contribution in [2.24, 2.45) is 5.41 Å². The minimum Gasteiger partial charge on any atom is -0.368 e. The molecule has 0 unspecified atom stereocenters. The number of nitrogens with one attached hydrogen (secondary N) is 1. The van der Waals surface area contributed by atoms with E-state index in [9.17, 15) is 9.59 Å². The summed E-state index contributed by atoms with van der Waals surface area (Å²) in [5.74, 6) is 0.0961. The van der Waals surface area contributed by atoms with Gasteiger partial charge in [0.15, 0.2) is 0 Å². The fourth-order valence-electron chi connectivity index (χ4n) is 3.19. The Hall–Kier alpha value is -2.82. The molecule has 1 aliphatic heterocycles. The van der Waals surface area contributed by atoms with Crippen LogP contribution >= 0.6 is 0 Å². The Labute approximate surface area is 161 Å². The van der Waals surface area contributed by atoms with Crippen molar-refractivity contribution in [3.8, 4) is 0 Å². The van der Waals surface area contributed by atoms with E-state index in [2.05, 4.69) is 10.2 Å². The minimum atomic E-state index is -0.333. The van der Waals surface area contributed by atoms with Gasteiger partial charge in [-0.15, -0.1) is 0 Å². The van der Waals surface area contributed by atoms with E-state index in [0.29, 0.717) is 5.56 Å². The maximum Gasteiger partial charge on any atom is 0.255 e. The lowest BCUT2D eigenvalue weighted by Gasteiger charge is -2.38. The average molecular weight is 365 g/mol. The summed E-state index contributed by atoms with van der Waals surface area (Å²) >= 11 is 0. The molecule has 1 saturated heterocycles. The monoisotopic (exact) mass is 365 g/mol. The smallest absolute Gasteiger partial charge is 0.255 e. The van der Waals surface area contributed by atoms with Gasteiger partial charge >= 0.3 is 0 Å². The number of nitrogens with zero attached hydrogens (tertiary/aromatic N) is 2. The average Bonchev–Trinajstić information content (AvgIpc) is 2.68. The second-order valence-electron chi connectivity index (χ2n) is 7.90. The zero-order chi connectivity index (χ0) is 19.4. The molecule has 0 aromatic heterocycles. The van der Waals surface area contributed by atoms with Gasteiger partial charge in [0.1, 0.15) is 0 Å². The number of hydrogen-bond acceptors (Lipinski definition) is 3. The van der Waals surface area contributed by atoms with Gasteiger partial charge in [0.05, 0.1) is 0 Å². The minimum absolute atomic E-state index is 0.113. The maximum absolute atomic E-state index is 12.4. The van der Waals surface area contributed by atoms with Crippen LogP contribution in [0.3, 0.4) is 0 Å². The summed E-state index contributed by atoms with van der Waals surface area (Å²) < 4.78 is 0. The lowest BCUT2D eigenvalue weighted by molar-refractivity contribution is -0.139. The molecule has 0 bridgehead atoms. The molecule has 0 atom stereocenters. The summed E-state index contributed by atoms with van der Waals surface area (Å²) in [5, 5.41) is 2.92. The predicted molar refractivity (Wildman–Crippen MR) is 109 cm³/mol. The van der Waals surface area contributed by atoms with E-state index in [4.69, 9.17) is 0 Å². The fourth-order valence-corrected chi connectivity index (χ4v) is 3.19. The van der Waals surface area contributed by atoms with Crippen molar-refractivity contribution < 1.29 is 9.59 Å². The van der Waals surface area contributed by atoms with Crippen LogP contribution in [0.5, 0.6) is 0 Å².